The third kappa shape index (κ3) is 4.35. The van der Waals surface area contributed by atoms with Gasteiger partial charge in [0.1, 0.15) is 11.5 Å². The topological polar surface area (TPSA) is 96.4 Å². The predicted octanol–water partition coefficient (Wildman–Crippen LogP) is 3.22. The highest BCUT2D eigenvalue weighted by Crippen LogP contribution is 2.36. The number of nitrogens with two attached hydrogens (primary N) is 1. The lowest BCUT2D eigenvalue weighted by molar-refractivity contribution is -0.141. The number of ether oxygens (including phenoxy) is 2. The predicted molar refractivity (Wildman–Crippen MR) is 98.5 cm³/mol. The lowest BCUT2D eigenvalue weighted by Gasteiger charge is -2.11. The first-order chi connectivity index (χ1) is 13.5. The summed E-state index contributed by atoms with van der Waals surface area (Å²) in [6.07, 6.45) is -4.68. The third-order valence-electron chi connectivity index (χ3n) is 4.06. The summed E-state index contributed by atoms with van der Waals surface area (Å²) < 4.78 is 74.2. The van der Waals surface area contributed by atoms with Crippen molar-refractivity contribution in [3.63, 3.8) is 0 Å². The number of sulfonamides is 1. The van der Waals surface area contributed by atoms with E-state index in [0.717, 1.165) is 10.7 Å². The Kier molecular flexibility index (Phi) is 5.28. The Hall–Kier alpha value is -3.05. The molecule has 7 nitrogen and oxygen atoms in total. The van der Waals surface area contributed by atoms with Crippen molar-refractivity contribution in [2.24, 2.45) is 5.14 Å². The summed E-state index contributed by atoms with van der Waals surface area (Å²) in [6.45, 7) is 0. The number of halogens is 3. The van der Waals surface area contributed by atoms with Crippen LogP contribution in [0.1, 0.15) is 5.69 Å². The fourth-order valence-electron chi connectivity index (χ4n) is 2.65. The van der Waals surface area contributed by atoms with E-state index in [-0.39, 0.29) is 16.3 Å². The van der Waals surface area contributed by atoms with E-state index in [1.165, 1.54) is 50.6 Å². The molecule has 0 spiro atoms. The minimum atomic E-state index is -4.68. The molecule has 2 aromatic carbocycles. The second-order valence-electron chi connectivity index (χ2n) is 5.96. The normalized spacial score (nSPS) is 12.1. The first kappa shape index (κ1) is 20.7. The second-order valence-corrected chi connectivity index (χ2v) is 7.53. The number of rotatable bonds is 5. The zero-order chi connectivity index (χ0) is 21.4. The molecule has 2 N–H and O–H groups in total. The molecule has 3 rings (SSSR count). The van der Waals surface area contributed by atoms with E-state index < -0.39 is 21.9 Å². The number of nitrogens with zero attached hydrogens (tertiary/aromatic N) is 2. The molecule has 0 saturated heterocycles. The van der Waals surface area contributed by atoms with E-state index in [2.05, 4.69) is 5.10 Å². The molecule has 0 atom stereocenters. The Bertz CT molecular complexity index is 1120. The maximum Gasteiger partial charge on any atom is 0.435 e. The molecule has 1 heterocycles. The smallest absolute Gasteiger partial charge is 0.435 e. The first-order valence-corrected chi connectivity index (χ1v) is 9.61. The molecular weight excluding hydrogens is 411 g/mol. The van der Waals surface area contributed by atoms with Crippen LogP contribution in [0.25, 0.3) is 16.9 Å². The van der Waals surface area contributed by atoms with Gasteiger partial charge in [-0.1, -0.05) is 0 Å². The van der Waals surface area contributed by atoms with Gasteiger partial charge in [-0.3, -0.25) is 0 Å². The van der Waals surface area contributed by atoms with Crippen LogP contribution >= 0.6 is 0 Å². The molecule has 1 aromatic heterocycles. The molecule has 0 fully saturated rings. The van der Waals surface area contributed by atoms with Crippen molar-refractivity contribution in [3.05, 3.63) is 54.2 Å². The van der Waals surface area contributed by atoms with Crippen molar-refractivity contribution in [2.45, 2.75) is 11.1 Å². The molecular formula is C18H16F3N3O4S. The van der Waals surface area contributed by atoms with Gasteiger partial charge in [0.15, 0.2) is 5.69 Å². The van der Waals surface area contributed by atoms with Crippen LogP contribution in [-0.2, 0) is 16.2 Å². The Morgan fingerprint density at radius 3 is 1.97 bits per heavy atom. The maximum atomic E-state index is 13.3. The minimum Gasteiger partial charge on any atom is -0.497 e. The van der Waals surface area contributed by atoms with Gasteiger partial charge in [-0.05, 0) is 42.5 Å². The zero-order valence-electron chi connectivity index (χ0n) is 15.3. The number of methoxy groups -OCH3 is 2. The zero-order valence-corrected chi connectivity index (χ0v) is 16.1. The Morgan fingerprint density at radius 1 is 0.966 bits per heavy atom. The van der Waals surface area contributed by atoms with E-state index in [0.29, 0.717) is 17.1 Å². The van der Waals surface area contributed by atoms with E-state index >= 15 is 0 Å². The SMILES string of the molecule is COc1cc(OC)cc(-c2cc(C(F)(F)F)nn2-c2ccc(S(N)(=O)=O)cc2)c1. The minimum absolute atomic E-state index is 0.109. The van der Waals surface area contributed by atoms with Crippen molar-refractivity contribution in [2.75, 3.05) is 14.2 Å². The van der Waals surface area contributed by atoms with Gasteiger partial charge >= 0.3 is 6.18 Å². The standard InChI is InChI=1S/C18H16F3N3O4S/c1-27-13-7-11(8-14(9-13)28-2)16-10-17(18(19,20)21)23-24(16)12-3-5-15(6-4-12)29(22,25)26/h3-10H,1-2H3,(H2,22,25,26). The number of primary sulfonamides is 1. The van der Waals surface area contributed by atoms with Gasteiger partial charge in [-0.25, -0.2) is 18.2 Å². The monoisotopic (exact) mass is 427 g/mol. The van der Waals surface area contributed by atoms with Gasteiger partial charge < -0.3 is 9.47 Å². The van der Waals surface area contributed by atoms with E-state index in [4.69, 9.17) is 14.6 Å². The number of benzene rings is 2. The van der Waals surface area contributed by atoms with Crippen molar-refractivity contribution in [3.8, 4) is 28.4 Å². The molecule has 11 heteroatoms. The molecule has 0 aliphatic carbocycles. The van der Waals surface area contributed by atoms with E-state index in [1.807, 2.05) is 0 Å². The number of hydrogen-bond donors (Lipinski definition) is 1. The number of aromatic nitrogens is 2. The molecule has 0 unspecified atom stereocenters. The van der Waals surface area contributed by atoms with Crippen LogP contribution < -0.4 is 14.6 Å². The molecule has 0 bridgehead atoms. The second kappa shape index (κ2) is 7.41. The van der Waals surface area contributed by atoms with Crippen LogP contribution in [0.5, 0.6) is 11.5 Å². The van der Waals surface area contributed by atoms with Gasteiger partial charge in [0.05, 0.1) is 30.5 Å². The van der Waals surface area contributed by atoms with Crippen molar-refractivity contribution < 1.29 is 31.1 Å². The maximum absolute atomic E-state index is 13.3. The average molecular weight is 427 g/mol. The highest BCUT2D eigenvalue weighted by Gasteiger charge is 2.35. The summed E-state index contributed by atoms with van der Waals surface area (Å²) in [7, 11) is -1.10. The van der Waals surface area contributed by atoms with Crippen LogP contribution in [0.15, 0.2) is 53.4 Å². The Balaban J connectivity index is 2.21. The molecule has 154 valence electrons. The summed E-state index contributed by atoms with van der Waals surface area (Å²) in [4.78, 5) is -0.172. The van der Waals surface area contributed by atoms with Crippen LogP contribution in [0, 0.1) is 0 Å². The highest BCUT2D eigenvalue weighted by atomic mass is 32.2. The van der Waals surface area contributed by atoms with Crippen molar-refractivity contribution >= 4 is 10.0 Å². The summed E-state index contributed by atoms with van der Waals surface area (Å²) in [6, 6.07) is 10.5. The van der Waals surface area contributed by atoms with Crippen LogP contribution in [-0.4, -0.2) is 32.4 Å². The molecule has 0 radical (unpaired) electrons. The lowest BCUT2D eigenvalue weighted by Crippen LogP contribution is -2.12. The van der Waals surface area contributed by atoms with Crippen LogP contribution in [0.2, 0.25) is 0 Å². The molecule has 0 aliphatic rings. The van der Waals surface area contributed by atoms with Crippen LogP contribution in [0.3, 0.4) is 0 Å². The van der Waals surface area contributed by atoms with Crippen LogP contribution in [0.4, 0.5) is 13.2 Å². The highest BCUT2D eigenvalue weighted by molar-refractivity contribution is 7.89. The van der Waals surface area contributed by atoms with Gasteiger partial charge in [-0.2, -0.15) is 18.3 Å². The third-order valence-corrected chi connectivity index (χ3v) is 4.99. The number of alkyl halides is 3. The quantitative estimate of drug-likeness (QED) is 0.675. The van der Waals surface area contributed by atoms with Crippen molar-refractivity contribution in [1.29, 1.82) is 0 Å². The largest absolute Gasteiger partial charge is 0.497 e. The van der Waals surface area contributed by atoms with Gasteiger partial charge in [-0.15, -0.1) is 0 Å². The molecule has 0 saturated carbocycles. The fourth-order valence-corrected chi connectivity index (χ4v) is 3.17. The van der Waals surface area contributed by atoms with Crippen molar-refractivity contribution in [1.82, 2.24) is 9.78 Å². The summed E-state index contributed by atoms with van der Waals surface area (Å²) in [5.74, 6) is 0.760. The lowest BCUT2D eigenvalue weighted by atomic mass is 10.1. The fraction of sp³-hybridized carbons (Fsp3) is 0.167. The molecule has 0 amide bonds. The summed E-state index contributed by atoms with van der Waals surface area (Å²) in [5, 5.41) is 8.73. The summed E-state index contributed by atoms with van der Waals surface area (Å²) >= 11 is 0. The van der Waals surface area contributed by atoms with E-state index in [9.17, 15) is 21.6 Å². The van der Waals surface area contributed by atoms with Gasteiger partial charge in [0.2, 0.25) is 10.0 Å². The molecule has 0 aliphatic heterocycles. The van der Waals surface area contributed by atoms with Gasteiger partial charge in [0, 0.05) is 11.6 Å². The average Bonchev–Trinajstić information content (AvgIpc) is 3.13. The first-order valence-electron chi connectivity index (χ1n) is 8.07. The Labute approximate surface area is 164 Å². The summed E-state index contributed by atoms with van der Waals surface area (Å²) in [5.41, 5.74) is -0.424. The molecule has 29 heavy (non-hydrogen) atoms. The van der Waals surface area contributed by atoms with Gasteiger partial charge in [0.25, 0.3) is 0 Å². The number of hydrogen-bond acceptors (Lipinski definition) is 5. The Morgan fingerprint density at radius 2 is 1.52 bits per heavy atom. The molecule has 3 aromatic rings. The van der Waals surface area contributed by atoms with E-state index in [1.54, 1.807) is 6.07 Å².